The number of esters is 1. The predicted octanol–water partition coefficient (Wildman–Crippen LogP) is 3.74. The van der Waals surface area contributed by atoms with E-state index in [9.17, 15) is 17.6 Å². The fourth-order valence-corrected chi connectivity index (χ4v) is 5.46. The van der Waals surface area contributed by atoms with Gasteiger partial charge < -0.3 is 4.74 Å². The minimum atomic E-state index is -3.70. The zero-order chi connectivity index (χ0) is 23.1. The first-order valence-corrected chi connectivity index (χ1v) is 12.4. The lowest BCUT2D eigenvalue weighted by Gasteiger charge is -2.37. The zero-order valence-electron chi connectivity index (χ0n) is 18.7. The second-order valence-corrected chi connectivity index (χ2v) is 10.1. The molecule has 174 valence electrons. The van der Waals surface area contributed by atoms with Gasteiger partial charge in [-0.3, -0.25) is 9.69 Å². The largest absolute Gasteiger partial charge is 0.466 e. The van der Waals surface area contributed by atoms with Crippen molar-refractivity contribution in [3.05, 3.63) is 65.5 Å². The Kier molecular flexibility index (Phi) is 8.39. The Hall–Kier alpha value is -2.29. The van der Waals surface area contributed by atoms with Crippen LogP contribution in [0.5, 0.6) is 0 Å². The van der Waals surface area contributed by atoms with Gasteiger partial charge in [0, 0.05) is 25.7 Å². The van der Waals surface area contributed by atoms with E-state index in [0.29, 0.717) is 13.1 Å². The Morgan fingerprint density at radius 1 is 1.06 bits per heavy atom. The summed E-state index contributed by atoms with van der Waals surface area (Å²) in [6.45, 7) is 5.75. The van der Waals surface area contributed by atoms with Crippen LogP contribution in [0.1, 0.15) is 37.3 Å². The number of benzene rings is 2. The summed E-state index contributed by atoms with van der Waals surface area (Å²) in [4.78, 5) is 14.7. The number of hydrogen-bond acceptors (Lipinski definition) is 5. The first kappa shape index (κ1) is 24.4. The lowest BCUT2D eigenvalue weighted by Crippen LogP contribution is -2.49. The Labute approximate surface area is 190 Å². The molecule has 0 spiro atoms. The van der Waals surface area contributed by atoms with E-state index in [1.54, 1.807) is 43.3 Å². The van der Waals surface area contributed by atoms with Crippen LogP contribution >= 0.6 is 0 Å². The van der Waals surface area contributed by atoms with Gasteiger partial charge in [-0.2, -0.15) is 4.31 Å². The third kappa shape index (κ3) is 6.37. The van der Waals surface area contributed by atoms with Crippen LogP contribution in [0.3, 0.4) is 0 Å². The van der Waals surface area contributed by atoms with Crippen molar-refractivity contribution in [2.24, 2.45) is 0 Å². The van der Waals surface area contributed by atoms with Crippen LogP contribution in [-0.2, 0) is 26.1 Å². The molecule has 8 heteroatoms. The topological polar surface area (TPSA) is 66.9 Å². The summed E-state index contributed by atoms with van der Waals surface area (Å²) in [7, 11) is -3.70. The van der Waals surface area contributed by atoms with E-state index in [4.69, 9.17) is 4.74 Å². The molecule has 0 amide bonds. The summed E-state index contributed by atoms with van der Waals surface area (Å²) in [5.74, 6) is -0.658. The van der Waals surface area contributed by atoms with Gasteiger partial charge in [-0.15, -0.1) is 0 Å². The van der Waals surface area contributed by atoms with Gasteiger partial charge in [0.2, 0.25) is 10.0 Å². The van der Waals surface area contributed by atoms with Crippen LogP contribution in [0.15, 0.2) is 53.4 Å². The number of sulfonamides is 1. The number of nitrogens with zero attached hydrogens (tertiary/aromatic N) is 2. The van der Waals surface area contributed by atoms with E-state index < -0.39 is 10.0 Å². The van der Waals surface area contributed by atoms with Gasteiger partial charge in [0.1, 0.15) is 5.82 Å². The molecule has 0 radical (unpaired) electrons. The van der Waals surface area contributed by atoms with Crippen molar-refractivity contribution in [2.75, 3.05) is 26.2 Å². The minimum absolute atomic E-state index is 0.0922. The molecular weight excluding hydrogens is 431 g/mol. The van der Waals surface area contributed by atoms with Gasteiger partial charge in [-0.05, 0) is 63.1 Å². The monoisotopic (exact) mass is 462 g/mol. The Morgan fingerprint density at radius 2 is 1.72 bits per heavy atom. The standard InChI is InChI=1S/C24H31FN2O4S/c1-3-31-24(28)16-22-18-27(32(29,30)23-12-6-19(2)7-13-23)15-5-4-14-26(22)17-20-8-10-21(25)11-9-20/h6-13,22H,3-5,14-18H2,1-2H3. The van der Waals surface area contributed by atoms with E-state index in [1.807, 2.05) is 6.92 Å². The van der Waals surface area contributed by atoms with Crippen molar-refractivity contribution in [1.82, 2.24) is 9.21 Å². The van der Waals surface area contributed by atoms with Crippen molar-refractivity contribution in [3.8, 4) is 0 Å². The summed E-state index contributed by atoms with van der Waals surface area (Å²) >= 11 is 0. The minimum Gasteiger partial charge on any atom is -0.466 e. The molecule has 1 saturated heterocycles. The van der Waals surface area contributed by atoms with Crippen LogP contribution in [-0.4, -0.2) is 55.9 Å². The molecule has 1 aliphatic rings. The molecule has 0 aromatic heterocycles. The van der Waals surface area contributed by atoms with Gasteiger partial charge >= 0.3 is 5.97 Å². The van der Waals surface area contributed by atoms with Gasteiger partial charge in [-0.25, -0.2) is 12.8 Å². The smallest absolute Gasteiger partial charge is 0.307 e. The van der Waals surface area contributed by atoms with Gasteiger partial charge in [0.05, 0.1) is 17.9 Å². The molecule has 0 aliphatic carbocycles. The molecular formula is C24H31FN2O4S. The molecule has 3 rings (SSSR count). The summed E-state index contributed by atoms with van der Waals surface area (Å²) in [5, 5.41) is 0. The number of aryl methyl sites for hydroxylation is 1. The van der Waals surface area contributed by atoms with Crippen molar-refractivity contribution < 1.29 is 22.3 Å². The van der Waals surface area contributed by atoms with Gasteiger partial charge in [-0.1, -0.05) is 29.8 Å². The number of halogens is 1. The molecule has 1 aliphatic heterocycles. The van der Waals surface area contributed by atoms with Crippen molar-refractivity contribution in [2.45, 2.75) is 50.6 Å². The number of carbonyl (C=O) groups is 1. The zero-order valence-corrected chi connectivity index (χ0v) is 19.5. The van der Waals surface area contributed by atoms with Crippen LogP contribution in [0.4, 0.5) is 4.39 Å². The highest BCUT2D eigenvalue weighted by atomic mass is 32.2. The highest BCUT2D eigenvalue weighted by Crippen LogP contribution is 2.23. The Morgan fingerprint density at radius 3 is 2.38 bits per heavy atom. The van der Waals surface area contributed by atoms with Gasteiger partial charge in [0.25, 0.3) is 0 Å². The van der Waals surface area contributed by atoms with Gasteiger partial charge in [0.15, 0.2) is 0 Å². The van der Waals surface area contributed by atoms with Crippen molar-refractivity contribution in [1.29, 1.82) is 0 Å². The van der Waals surface area contributed by atoms with E-state index in [-0.39, 0.29) is 42.3 Å². The fourth-order valence-electron chi connectivity index (χ4n) is 3.94. The highest BCUT2D eigenvalue weighted by Gasteiger charge is 2.32. The molecule has 1 unspecified atom stereocenters. The van der Waals surface area contributed by atoms with E-state index in [2.05, 4.69) is 4.90 Å². The second-order valence-electron chi connectivity index (χ2n) is 8.14. The highest BCUT2D eigenvalue weighted by molar-refractivity contribution is 7.89. The van der Waals surface area contributed by atoms with Crippen LogP contribution in [0.2, 0.25) is 0 Å². The molecule has 1 fully saturated rings. The van der Waals surface area contributed by atoms with E-state index in [0.717, 1.165) is 30.5 Å². The first-order valence-electron chi connectivity index (χ1n) is 11.0. The van der Waals surface area contributed by atoms with Crippen LogP contribution < -0.4 is 0 Å². The summed E-state index contributed by atoms with van der Waals surface area (Å²) in [6.07, 6.45) is 1.60. The lowest BCUT2D eigenvalue weighted by atomic mass is 10.1. The summed E-state index contributed by atoms with van der Waals surface area (Å²) < 4.78 is 46.7. The average molecular weight is 463 g/mol. The molecule has 32 heavy (non-hydrogen) atoms. The first-order chi connectivity index (χ1) is 15.3. The molecule has 0 saturated carbocycles. The second kappa shape index (κ2) is 11.0. The van der Waals surface area contributed by atoms with Crippen LogP contribution in [0, 0.1) is 12.7 Å². The average Bonchev–Trinajstić information content (AvgIpc) is 2.74. The maximum atomic E-state index is 13.4. The number of rotatable bonds is 7. The maximum absolute atomic E-state index is 13.4. The molecule has 2 aromatic carbocycles. The SMILES string of the molecule is CCOC(=O)CC1CN(S(=O)(=O)c2ccc(C)cc2)CCCCN1Cc1ccc(F)cc1. The third-order valence-corrected chi connectivity index (χ3v) is 7.58. The molecule has 6 nitrogen and oxygen atoms in total. The predicted molar refractivity (Wildman–Crippen MR) is 121 cm³/mol. The molecule has 0 N–H and O–H groups in total. The lowest BCUT2D eigenvalue weighted by molar-refractivity contribution is -0.144. The Balaban J connectivity index is 1.87. The van der Waals surface area contributed by atoms with E-state index in [1.165, 1.54) is 16.4 Å². The normalized spacial score (nSPS) is 18.7. The summed E-state index contributed by atoms with van der Waals surface area (Å²) in [5.41, 5.74) is 1.90. The molecule has 0 bridgehead atoms. The fraction of sp³-hybridized carbons (Fsp3) is 0.458. The maximum Gasteiger partial charge on any atom is 0.307 e. The Bertz CT molecular complexity index is 994. The number of carbonyl (C=O) groups excluding carboxylic acids is 1. The van der Waals surface area contributed by atoms with Crippen molar-refractivity contribution in [3.63, 3.8) is 0 Å². The summed E-state index contributed by atoms with van der Waals surface area (Å²) in [6, 6.07) is 12.7. The molecule has 2 aromatic rings. The van der Waals surface area contributed by atoms with Crippen LogP contribution in [0.25, 0.3) is 0 Å². The number of hydrogen-bond donors (Lipinski definition) is 0. The quantitative estimate of drug-likeness (QED) is 0.587. The van der Waals surface area contributed by atoms with E-state index >= 15 is 0 Å². The molecule has 1 heterocycles. The third-order valence-electron chi connectivity index (χ3n) is 5.70. The van der Waals surface area contributed by atoms with Crippen molar-refractivity contribution >= 4 is 16.0 Å². The molecule has 1 atom stereocenters. The number of ether oxygens (including phenoxy) is 1.